The molecule has 1 N–H and O–H groups in total. The molecule has 4 rings (SSSR count). The van der Waals surface area contributed by atoms with Crippen molar-refractivity contribution in [3.8, 4) is 5.75 Å². The lowest BCUT2D eigenvalue weighted by Gasteiger charge is -2.07. The lowest BCUT2D eigenvalue weighted by molar-refractivity contribution is 0.0600. The number of nitrogens with one attached hydrogen (secondary N) is 1. The first kappa shape index (κ1) is 22.0. The molecule has 0 bridgehead atoms. The quantitative estimate of drug-likeness (QED) is 0.336. The standard InChI is InChI=1S/C25H19NO6S/c1-30-25(29)18-8-4-17(5-9-18)15-32-19-10-6-16(7-11-19)13-22-24(28)26-23(33-22)14-20(27)21-3-2-12-31-21/h2-14H,15H2,1H3,(H,26,28). The van der Waals surface area contributed by atoms with Gasteiger partial charge in [0.25, 0.3) is 5.56 Å². The Bertz CT molecular complexity index is 1430. The summed E-state index contributed by atoms with van der Waals surface area (Å²) in [6, 6.07) is 17.5. The summed E-state index contributed by atoms with van der Waals surface area (Å²) >= 11 is 1.19. The molecule has 166 valence electrons. The van der Waals surface area contributed by atoms with Gasteiger partial charge >= 0.3 is 5.97 Å². The van der Waals surface area contributed by atoms with Crippen molar-refractivity contribution in [2.75, 3.05) is 7.11 Å². The number of aromatic nitrogens is 1. The van der Waals surface area contributed by atoms with Gasteiger partial charge in [0, 0.05) is 6.08 Å². The fourth-order valence-corrected chi connectivity index (χ4v) is 3.85. The number of ether oxygens (including phenoxy) is 2. The highest BCUT2D eigenvalue weighted by atomic mass is 32.1. The molecule has 0 fully saturated rings. The van der Waals surface area contributed by atoms with E-state index in [4.69, 9.17) is 9.15 Å². The Kier molecular flexibility index (Phi) is 6.66. The molecule has 33 heavy (non-hydrogen) atoms. The lowest BCUT2D eigenvalue weighted by Crippen LogP contribution is -2.19. The summed E-state index contributed by atoms with van der Waals surface area (Å²) < 4.78 is 16.5. The monoisotopic (exact) mass is 461 g/mol. The molecule has 0 amide bonds. The smallest absolute Gasteiger partial charge is 0.337 e. The highest BCUT2D eigenvalue weighted by Crippen LogP contribution is 2.15. The fourth-order valence-electron chi connectivity index (χ4n) is 2.97. The van der Waals surface area contributed by atoms with E-state index < -0.39 is 0 Å². The summed E-state index contributed by atoms with van der Waals surface area (Å²) in [4.78, 5) is 38.5. The van der Waals surface area contributed by atoms with Crippen LogP contribution in [-0.2, 0) is 11.3 Å². The molecule has 0 aliphatic carbocycles. The number of methoxy groups -OCH3 is 1. The number of ketones is 1. The van der Waals surface area contributed by atoms with E-state index in [9.17, 15) is 14.4 Å². The van der Waals surface area contributed by atoms with Crippen LogP contribution in [0, 0.1) is 0 Å². The van der Waals surface area contributed by atoms with Crippen molar-refractivity contribution in [3.63, 3.8) is 0 Å². The van der Waals surface area contributed by atoms with Crippen LogP contribution < -0.4 is 19.5 Å². The first-order chi connectivity index (χ1) is 16.0. The molecule has 0 saturated heterocycles. The number of Topliss-reactive ketones (excluding diaryl/α,β-unsaturated/α-hetero) is 1. The zero-order chi connectivity index (χ0) is 23.2. The van der Waals surface area contributed by atoms with Crippen molar-refractivity contribution in [1.82, 2.24) is 4.98 Å². The average molecular weight is 461 g/mol. The van der Waals surface area contributed by atoms with Crippen molar-refractivity contribution >= 4 is 35.2 Å². The van der Waals surface area contributed by atoms with Crippen LogP contribution in [0.4, 0.5) is 0 Å². The number of rotatable bonds is 7. The topological polar surface area (TPSA) is 98.6 Å². The van der Waals surface area contributed by atoms with E-state index in [-0.39, 0.29) is 23.1 Å². The number of carbonyl (C=O) groups excluding carboxylic acids is 2. The molecule has 0 atom stereocenters. The van der Waals surface area contributed by atoms with Gasteiger partial charge in [-0.05, 0) is 53.6 Å². The van der Waals surface area contributed by atoms with E-state index in [2.05, 4.69) is 9.72 Å². The van der Waals surface area contributed by atoms with Crippen molar-refractivity contribution < 1.29 is 23.5 Å². The zero-order valence-corrected chi connectivity index (χ0v) is 18.4. The summed E-state index contributed by atoms with van der Waals surface area (Å²) in [7, 11) is 1.34. The van der Waals surface area contributed by atoms with Crippen LogP contribution >= 0.6 is 11.3 Å². The molecule has 0 aliphatic rings. The van der Waals surface area contributed by atoms with Crippen LogP contribution in [-0.4, -0.2) is 23.8 Å². The predicted octanol–water partition coefficient (Wildman–Crippen LogP) is 2.89. The van der Waals surface area contributed by atoms with Crippen LogP contribution in [0.2, 0.25) is 0 Å². The van der Waals surface area contributed by atoms with Crippen molar-refractivity contribution in [3.05, 3.63) is 109 Å². The van der Waals surface area contributed by atoms with Gasteiger partial charge in [-0.1, -0.05) is 24.3 Å². The number of thiazole rings is 1. The molecule has 2 aromatic heterocycles. The molecule has 7 nitrogen and oxygen atoms in total. The third-order valence-electron chi connectivity index (χ3n) is 4.67. The van der Waals surface area contributed by atoms with Crippen LogP contribution in [0.25, 0.3) is 12.2 Å². The third-order valence-corrected chi connectivity index (χ3v) is 5.63. The Morgan fingerprint density at radius 2 is 1.82 bits per heavy atom. The summed E-state index contributed by atoms with van der Waals surface area (Å²) in [6.45, 7) is 0.345. The number of hydrogen-bond donors (Lipinski definition) is 1. The van der Waals surface area contributed by atoms with E-state index in [0.717, 1.165) is 11.1 Å². The first-order valence-corrected chi connectivity index (χ1v) is 10.7. The van der Waals surface area contributed by atoms with Crippen LogP contribution in [0.15, 0.2) is 76.1 Å². The number of furan rings is 1. The highest BCUT2D eigenvalue weighted by molar-refractivity contribution is 7.07. The van der Waals surface area contributed by atoms with Crippen LogP contribution in [0.3, 0.4) is 0 Å². The van der Waals surface area contributed by atoms with Crippen LogP contribution in [0.1, 0.15) is 32.0 Å². The first-order valence-electron chi connectivity index (χ1n) is 9.92. The number of aromatic amines is 1. The normalized spacial score (nSPS) is 12.0. The number of hydrogen-bond acceptors (Lipinski definition) is 7. The van der Waals surface area contributed by atoms with Gasteiger partial charge in [0.05, 0.1) is 28.1 Å². The fraction of sp³-hybridized carbons (Fsp3) is 0.0800. The van der Waals surface area contributed by atoms with E-state index in [1.54, 1.807) is 30.3 Å². The summed E-state index contributed by atoms with van der Waals surface area (Å²) in [6.07, 6.45) is 4.51. The number of benzene rings is 2. The predicted molar refractivity (Wildman–Crippen MR) is 124 cm³/mol. The summed E-state index contributed by atoms with van der Waals surface area (Å²) in [5.41, 5.74) is 1.95. The minimum Gasteiger partial charge on any atom is -0.489 e. The average Bonchev–Trinajstić information content (AvgIpc) is 3.49. The molecule has 0 saturated carbocycles. The Balaban J connectivity index is 1.43. The summed E-state index contributed by atoms with van der Waals surface area (Å²) in [5, 5.41) is 0. The lowest BCUT2D eigenvalue weighted by atomic mass is 10.1. The Morgan fingerprint density at radius 1 is 1.06 bits per heavy atom. The van der Waals surface area contributed by atoms with Crippen molar-refractivity contribution in [2.45, 2.75) is 6.61 Å². The Hall–Kier alpha value is -4.17. The molecular weight excluding hydrogens is 442 g/mol. The third kappa shape index (κ3) is 5.55. The molecule has 0 radical (unpaired) electrons. The maximum atomic E-state index is 12.2. The van der Waals surface area contributed by atoms with E-state index in [1.165, 1.54) is 30.8 Å². The minimum absolute atomic E-state index is 0.213. The SMILES string of the molecule is COC(=O)c1ccc(COc2ccc(C=c3sc(=CC(=O)c4ccco4)[nH]c3=O)cc2)cc1. The number of carbonyl (C=O) groups is 2. The minimum atomic E-state index is -0.381. The second kappa shape index (κ2) is 9.97. The van der Waals surface area contributed by atoms with Gasteiger partial charge < -0.3 is 18.9 Å². The molecular formula is C25H19NO6S. The second-order valence-electron chi connectivity index (χ2n) is 6.96. The number of esters is 1. The molecule has 0 unspecified atom stereocenters. The van der Waals surface area contributed by atoms with E-state index >= 15 is 0 Å². The van der Waals surface area contributed by atoms with E-state index in [0.29, 0.717) is 27.1 Å². The Morgan fingerprint density at radius 3 is 2.48 bits per heavy atom. The molecule has 2 heterocycles. The molecule has 8 heteroatoms. The molecule has 0 aliphatic heterocycles. The Labute approximate surface area is 192 Å². The second-order valence-corrected chi connectivity index (χ2v) is 8.04. The van der Waals surface area contributed by atoms with Gasteiger partial charge in [0.2, 0.25) is 5.78 Å². The van der Waals surface area contributed by atoms with E-state index in [1.807, 2.05) is 36.4 Å². The van der Waals surface area contributed by atoms with Crippen LogP contribution in [0.5, 0.6) is 5.75 Å². The van der Waals surface area contributed by atoms with Gasteiger partial charge in [-0.25, -0.2) is 4.79 Å². The maximum absolute atomic E-state index is 12.2. The number of H-pyrrole nitrogens is 1. The van der Waals surface area contributed by atoms with Gasteiger partial charge in [-0.2, -0.15) is 0 Å². The highest BCUT2D eigenvalue weighted by Gasteiger charge is 2.06. The van der Waals surface area contributed by atoms with Gasteiger partial charge in [0.15, 0.2) is 5.76 Å². The zero-order valence-electron chi connectivity index (χ0n) is 17.6. The maximum Gasteiger partial charge on any atom is 0.337 e. The van der Waals surface area contributed by atoms with Gasteiger partial charge in [-0.3, -0.25) is 9.59 Å². The van der Waals surface area contributed by atoms with Crippen molar-refractivity contribution in [2.24, 2.45) is 0 Å². The summed E-state index contributed by atoms with van der Waals surface area (Å²) in [5.74, 6) is 0.186. The largest absolute Gasteiger partial charge is 0.489 e. The van der Waals surface area contributed by atoms with Gasteiger partial charge in [0.1, 0.15) is 12.4 Å². The molecule has 2 aromatic carbocycles. The van der Waals surface area contributed by atoms with Gasteiger partial charge in [-0.15, -0.1) is 11.3 Å². The van der Waals surface area contributed by atoms with Crippen molar-refractivity contribution in [1.29, 1.82) is 0 Å². The molecule has 0 spiro atoms. The molecule has 4 aromatic rings.